The van der Waals surface area contributed by atoms with Crippen LogP contribution in [-0.4, -0.2) is 31.7 Å². The quantitative estimate of drug-likeness (QED) is 0.713. The summed E-state index contributed by atoms with van der Waals surface area (Å²) in [6, 6.07) is 12.9. The van der Waals surface area contributed by atoms with Gasteiger partial charge in [-0.05, 0) is 68.0 Å². The van der Waals surface area contributed by atoms with Gasteiger partial charge in [0.2, 0.25) is 15.9 Å². The Morgan fingerprint density at radius 1 is 1.20 bits per heavy atom. The van der Waals surface area contributed by atoms with Crippen LogP contribution in [0.2, 0.25) is 5.02 Å². The normalized spacial score (nSPS) is 18.7. The summed E-state index contributed by atoms with van der Waals surface area (Å²) < 4.78 is 27.2. The van der Waals surface area contributed by atoms with E-state index in [-0.39, 0.29) is 30.2 Å². The van der Waals surface area contributed by atoms with Crippen LogP contribution in [-0.2, 0) is 20.6 Å². The molecule has 1 N–H and O–H groups in total. The molecule has 2 aromatic carbocycles. The largest absolute Gasteiger partial charge is 0.349 e. The van der Waals surface area contributed by atoms with Crippen LogP contribution in [0.15, 0.2) is 42.5 Å². The van der Waals surface area contributed by atoms with Crippen molar-refractivity contribution >= 4 is 27.5 Å². The molecule has 2 aromatic rings. The maximum atomic E-state index is 12.9. The zero-order valence-electron chi connectivity index (χ0n) is 17.7. The number of carbonyl (C=O) groups excluding carboxylic acids is 1. The minimum Gasteiger partial charge on any atom is -0.349 e. The lowest BCUT2D eigenvalue weighted by Gasteiger charge is -2.32. The Morgan fingerprint density at radius 2 is 1.97 bits per heavy atom. The first-order valence-electron chi connectivity index (χ1n) is 10.3. The Morgan fingerprint density at radius 3 is 2.67 bits per heavy atom. The molecule has 1 fully saturated rings. The van der Waals surface area contributed by atoms with Crippen molar-refractivity contribution < 1.29 is 13.2 Å². The smallest absolute Gasteiger partial charge is 0.224 e. The number of halogens is 1. The molecule has 5 nitrogen and oxygen atoms in total. The number of nitrogens with zero attached hydrogens (tertiary/aromatic N) is 1. The predicted octanol–water partition coefficient (Wildman–Crippen LogP) is 4.38. The fourth-order valence-corrected chi connectivity index (χ4v) is 5.60. The van der Waals surface area contributed by atoms with E-state index < -0.39 is 10.0 Å². The van der Waals surface area contributed by atoms with E-state index in [1.165, 1.54) is 15.4 Å². The second-order valence-corrected chi connectivity index (χ2v) is 10.6. The summed E-state index contributed by atoms with van der Waals surface area (Å²) in [6.07, 6.45) is 1.36. The molecular weight excluding hydrogens is 420 g/mol. The molecule has 2 atom stereocenters. The summed E-state index contributed by atoms with van der Waals surface area (Å²) in [5.74, 6) is -0.550. The number of nitrogens with one attached hydrogen (secondary N) is 1. The third-order valence-electron chi connectivity index (χ3n) is 5.78. The van der Waals surface area contributed by atoms with Crippen molar-refractivity contribution in [1.29, 1.82) is 0 Å². The molecule has 30 heavy (non-hydrogen) atoms. The van der Waals surface area contributed by atoms with E-state index in [2.05, 4.69) is 31.3 Å². The lowest BCUT2D eigenvalue weighted by atomic mass is 9.97. The molecular formula is C23H29ClN2O3S. The van der Waals surface area contributed by atoms with Gasteiger partial charge in [-0.15, -0.1) is 0 Å². The molecule has 7 heteroatoms. The van der Waals surface area contributed by atoms with Crippen molar-refractivity contribution in [1.82, 2.24) is 9.62 Å². The minimum absolute atomic E-state index is 0.0941. The molecule has 0 unspecified atom stereocenters. The van der Waals surface area contributed by atoms with Crippen LogP contribution in [0.5, 0.6) is 0 Å². The van der Waals surface area contributed by atoms with E-state index in [1.807, 2.05) is 13.0 Å². The second kappa shape index (κ2) is 9.50. The number of amides is 1. The van der Waals surface area contributed by atoms with Crippen LogP contribution in [0.1, 0.15) is 48.1 Å². The Hall–Kier alpha value is -1.89. The molecule has 0 spiro atoms. The summed E-state index contributed by atoms with van der Waals surface area (Å²) in [5, 5.41) is 3.58. The van der Waals surface area contributed by atoms with Crippen molar-refractivity contribution in [2.24, 2.45) is 5.92 Å². The van der Waals surface area contributed by atoms with Gasteiger partial charge in [-0.1, -0.05) is 41.9 Å². The highest BCUT2D eigenvalue weighted by atomic mass is 35.5. The molecule has 0 radical (unpaired) electrons. The van der Waals surface area contributed by atoms with E-state index in [4.69, 9.17) is 11.6 Å². The number of carbonyl (C=O) groups is 1. The van der Waals surface area contributed by atoms with Gasteiger partial charge in [0.25, 0.3) is 0 Å². The number of sulfonamides is 1. The lowest BCUT2D eigenvalue weighted by molar-refractivity contribution is -0.126. The van der Waals surface area contributed by atoms with Crippen LogP contribution in [0.3, 0.4) is 0 Å². The van der Waals surface area contributed by atoms with E-state index in [1.54, 1.807) is 24.3 Å². The molecule has 3 rings (SSSR count). The first kappa shape index (κ1) is 22.8. The molecule has 0 saturated carbocycles. The third kappa shape index (κ3) is 5.62. The van der Waals surface area contributed by atoms with Crippen LogP contribution < -0.4 is 5.32 Å². The highest BCUT2D eigenvalue weighted by Crippen LogP contribution is 2.24. The van der Waals surface area contributed by atoms with Gasteiger partial charge in [0.1, 0.15) is 0 Å². The number of aryl methyl sites for hydroxylation is 2. The van der Waals surface area contributed by atoms with E-state index >= 15 is 0 Å². The van der Waals surface area contributed by atoms with E-state index in [9.17, 15) is 13.2 Å². The highest BCUT2D eigenvalue weighted by molar-refractivity contribution is 7.88. The molecule has 1 heterocycles. The molecule has 1 aliphatic rings. The van der Waals surface area contributed by atoms with E-state index in [0.717, 1.165) is 5.56 Å². The van der Waals surface area contributed by atoms with Gasteiger partial charge in [-0.3, -0.25) is 4.79 Å². The monoisotopic (exact) mass is 448 g/mol. The summed E-state index contributed by atoms with van der Waals surface area (Å²) in [6.45, 7) is 6.73. The Kier molecular flexibility index (Phi) is 7.22. The second-order valence-electron chi connectivity index (χ2n) is 8.16. The predicted molar refractivity (Wildman–Crippen MR) is 121 cm³/mol. The first-order valence-corrected chi connectivity index (χ1v) is 12.2. The fourth-order valence-electron chi connectivity index (χ4n) is 3.79. The third-order valence-corrected chi connectivity index (χ3v) is 7.83. The molecule has 1 saturated heterocycles. The van der Waals surface area contributed by atoms with Gasteiger partial charge < -0.3 is 5.32 Å². The molecule has 0 bridgehead atoms. The summed E-state index contributed by atoms with van der Waals surface area (Å²) >= 11 is 5.98. The Bertz CT molecular complexity index is 1020. The topological polar surface area (TPSA) is 66.5 Å². The van der Waals surface area contributed by atoms with Crippen molar-refractivity contribution in [3.8, 4) is 0 Å². The number of hydrogen-bond acceptors (Lipinski definition) is 3. The van der Waals surface area contributed by atoms with Crippen molar-refractivity contribution in [3.63, 3.8) is 0 Å². The highest BCUT2D eigenvalue weighted by Gasteiger charge is 2.32. The van der Waals surface area contributed by atoms with Gasteiger partial charge in [0.15, 0.2) is 0 Å². The number of rotatable bonds is 6. The summed E-state index contributed by atoms with van der Waals surface area (Å²) in [5.41, 5.74) is 4.10. The maximum Gasteiger partial charge on any atom is 0.224 e. The standard InChI is InChI=1S/C23H29ClN2O3S/c1-16-9-10-20(12-17(16)2)18(3)25-23(27)21-7-5-11-26(14-21)30(28,29)15-19-6-4-8-22(24)13-19/h4,6,8-10,12-13,18,21H,5,7,11,14-15H2,1-3H3,(H,25,27)/t18-,21-/m0/s1. The fraction of sp³-hybridized carbons (Fsp3) is 0.435. The average Bonchev–Trinajstić information content (AvgIpc) is 2.69. The molecule has 1 aliphatic heterocycles. The van der Waals surface area contributed by atoms with Crippen LogP contribution in [0.25, 0.3) is 0 Å². The molecule has 162 valence electrons. The first-order chi connectivity index (χ1) is 14.2. The number of benzene rings is 2. The minimum atomic E-state index is -3.52. The lowest BCUT2D eigenvalue weighted by Crippen LogP contribution is -2.46. The Labute approximate surface area is 184 Å². The molecule has 1 amide bonds. The van der Waals surface area contributed by atoms with Gasteiger partial charge >= 0.3 is 0 Å². The number of hydrogen-bond donors (Lipinski definition) is 1. The van der Waals surface area contributed by atoms with Gasteiger partial charge in [0.05, 0.1) is 17.7 Å². The average molecular weight is 449 g/mol. The maximum absolute atomic E-state index is 12.9. The molecule has 0 aliphatic carbocycles. The summed E-state index contributed by atoms with van der Waals surface area (Å²) in [7, 11) is -3.52. The van der Waals surface area contributed by atoms with E-state index in [0.29, 0.717) is 30.0 Å². The van der Waals surface area contributed by atoms with Gasteiger partial charge in [-0.25, -0.2) is 12.7 Å². The number of piperidine rings is 1. The van der Waals surface area contributed by atoms with Gasteiger partial charge in [-0.2, -0.15) is 0 Å². The van der Waals surface area contributed by atoms with Crippen molar-refractivity contribution in [2.75, 3.05) is 13.1 Å². The van der Waals surface area contributed by atoms with Crippen LogP contribution in [0.4, 0.5) is 0 Å². The van der Waals surface area contributed by atoms with Crippen LogP contribution in [0, 0.1) is 19.8 Å². The summed E-state index contributed by atoms with van der Waals surface area (Å²) in [4.78, 5) is 12.9. The van der Waals surface area contributed by atoms with Crippen LogP contribution >= 0.6 is 11.6 Å². The van der Waals surface area contributed by atoms with Crippen molar-refractivity contribution in [3.05, 3.63) is 69.7 Å². The zero-order valence-corrected chi connectivity index (χ0v) is 19.3. The zero-order chi connectivity index (χ0) is 21.9. The van der Waals surface area contributed by atoms with Crippen molar-refractivity contribution in [2.45, 2.75) is 45.4 Å². The van der Waals surface area contributed by atoms with Gasteiger partial charge in [0, 0.05) is 18.1 Å². The Balaban J connectivity index is 1.64. The SMILES string of the molecule is Cc1ccc([C@H](C)NC(=O)[C@H]2CCCN(S(=O)(=O)Cc3cccc(Cl)c3)C2)cc1C. The molecule has 0 aromatic heterocycles.